The van der Waals surface area contributed by atoms with Gasteiger partial charge in [-0.1, -0.05) is 37.0 Å². The van der Waals surface area contributed by atoms with Gasteiger partial charge in [-0.15, -0.1) is 0 Å². The van der Waals surface area contributed by atoms with Gasteiger partial charge in [0.1, 0.15) is 0 Å². The molecule has 0 radical (unpaired) electrons. The summed E-state index contributed by atoms with van der Waals surface area (Å²) in [6, 6.07) is 3.17. The van der Waals surface area contributed by atoms with Crippen LogP contribution < -0.4 is 11.2 Å². The number of likely N-dealkylation sites (N-methyl/N-ethyl adjacent to an activating group) is 1. The van der Waals surface area contributed by atoms with E-state index in [9.17, 15) is 14.7 Å². The van der Waals surface area contributed by atoms with Gasteiger partial charge in [0.05, 0.1) is 5.71 Å². The number of halogens is 2. The molecule has 1 aromatic heterocycles. The highest BCUT2D eigenvalue weighted by molar-refractivity contribution is 6.36. The summed E-state index contributed by atoms with van der Waals surface area (Å²) >= 11 is 12.9. The molecule has 8 nitrogen and oxygen atoms in total. The van der Waals surface area contributed by atoms with Crippen LogP contribution in [0.25, 0.3) is 11.3 Å². The van der Waals surface area contributed by atoms with E-state index in [1.54, 1.807) is 19.2 Å². The first-order chi connectivity index (χ1) is 13.6. The molecule has 1 aromatic carbocycles. The zero-order valence-electron chi connectivity index (χ0n) is 16.4. The smallest absolute Gasteiger partial charge is 0.344 e. The first kappa shape index (κ1) is 21.3. The Morgan fingerprint density at radius 1 is 1.21 bits per heavy atom. The summed E-state index contributed by atoms with van der Waals surface area (Å²) in [6.45, 7) is 4.00. The third kappa shape index (κ3) is 4.29. The van der Waals surface area contributed by atoms with Gasteiger partial charge >= 0.3 is 5.69 Å². The molecule has 0 bridgehead atoms. The SMILES string of the molecule is CC(C)C1=CC(Cc2c(Cl)cc(-c3nn(C)c(=O)[nH]c3=O)cc2Cl)=NN(C)C1O. The molecule has 1 atom stereocenters. The Labute approximate surface area is 177 Å². The number of rotatable bonds is 4. The number of aryl methyl sites for hydroxylation is 1. The van der Waals surface area contributed by atoms with Crippen molar-refractivity contribution in [2.75, 3.05) is 7.05 Å². The van der Waals surface area contributed by atoms with E-state index in [2.05, 4.69) is 15.2 Å². The second-order valence-electron chi connectivity index (χ2n) is 7.16. The van der Waals surface area contributed by atoms with Gasteiger partial charge in [0.25, 0.3) is 5.56 Å². The molecule has 0 saturated carbocycles. The standard InChI is InChI=1S/C19H21Cl2N5O3/c1-9(2)12-7-11(23-25(3)18(12)28)8-13-14(20)5-10(6-15(13)21)16-17(27)22-19(29)26(4)24-16/h5-7,9,18,28H,8H2,1-4H3,(H,22,27,29). The molecular formula is C19H21Cl2N5O3. The average Bonchev–Trinajstić information content (AvgIpc) is 2.63. The number of hydrazone groups is 1. The fraction of sp³-hybridized carbons (Fsp3) is 0.368. The predicted octanol–water partition coefficient (Wildman–Crippen LogP) is 2.19. The lowest BCUT2D eigenvalue weighted by Gasteiger charge is -2.30. The third-order valence-corrected chi connectivity index (χ3v) is 5.36. The summed E-state index contributed by atoms with van der Waals surface area (Å²) in [7, 11) is 3.13. The number of allylic oxidation sites excluding steroid dienone is 1. The first-order valence-corrected chi connectivity index (χ1v) is 9.69. The van der Waals surface area contributed by atoms with E-state index in [0.29, 0.717) is 33.3 Å². The normalized spacial score (nSPS) is 16.8. The molecule has 0 fully saturated rings. The van der Waals surface area contributed by atoms with Gasteiger partial charge in [-0.3, -0.25) is 14.8 Å². The van der Waals surface area contributed by atoms with Gasteiger partial charge in [0.2, 0.25) is 0 Å². The minimum absolute atomic E-state index is 0.0438. The van der Waals surface area contributed by atoms with Crippen molar-refractivity contribution >= 4 is 28.9 Å². The highest BCUT2D eigenvalue weighted by Crippen LogP contribution is 2.32. The maximum atomic E-state index is 12.1. The molecule has 1 aliphatic rings. The van der Waals surface area contributed by atoms with Gasteiger partial charge < -0.3 is 5.11 Å². The quantitative estimate of drug-likeness (QED) is 0.762. The Morgan fingerprint density at radius 3 is 2.41 bits per heavy atom. The van der Waals surface area contributed by atoms with Crippen LogP contribution in [0.1, 0.15) is 19.4 Å². The molecule has 0 spiro atoms. The maximum Gasteiger partial charge on any atom is 0.344 e. The van der Waals surface area contributed by atoms with E-state index < -0.39 is 17.5 Å². The molecular weight excluding hydrogens is 417 g/mol. The summed E-state index contributed by atoms with van der Waals surface area (Å²) in [4.78, 5) is 25.8. The van der Waals surface area contributed by atoms with Crippen molar-refractivity contribution < 1.29 is 5.11 Å². The van der Waals surface area contributed by atoms with Crippen LogP contribution in [0.3, 0.4) is 0 Å². The van der Waals surface area contributed by atoms with Crippen molar-refractivity contribution in [2.45, 2.75) is 26.5 Å². The number of aliphatic hydroxyl groups is 1. The van der Waals surface area contributed by atoms with E-state index in [0.717, 1.165) is 10.3 Å². The minimum atomic E-state index is -0.769. The van der Waals surface area contributed by atoms with Crippen molar-refractivity contribution in [2.24, 2.45) is 18.1 Å². The summed E-state index contributed by atoms with van der Waals surface area (Å²) in [6.07, 6.45) is 1.44. The monoisotopic (exact) mass is 437 g/mol. The van der Waals surface area contributed by atoms with E-state index in [1.807, 2.05) is 19.9 Å². The molecule has 10 heteroatoms. The fourth-order valence-electron chi connectivity index (χ4n) is 3.08. The Kier molecular flexibility index (Phi) is 5.97. The van der Waals surface area contributed by atoms with Crippen molar-refractivity contribution in [1.29, 1.82) is 0 Å². The Bertz CT molecular complexity index is 1110. The van der Waals surface area contributed by atoms with Gasteiger partial charge in [-0.2, -0.15) is 10.2 Å². The average molecular weight is 438 g/mol. The molecule has 2 aromatic rings. The molecule has 0 amide bonds. The van der Waals surface area contributed by atoms with Gasteiger partial charge in [0.15, 0.2) is 11.9 Å². The second kappa shape index (κ2) is 8.14. The molecule has 1 unspecified atom stereocenters. The highest BCUT2D eigenvalue weighted by atomic mass is 35.5. The van der Waals surface area contributed by atoms with Crippen LogP contribution >= 0.6 is 23.2 Å². The molecule has 29 heavy (non-hydrogen) atoms. The van der Waals surface area contributed by atoms with Crippen molar-refractivity contribution in [3.05, 3.63) is 60.2 Å². The number of aromatic amines is 1. The second-order valence-corrected chi connectivity index (χ2v) is 7.98. The topological polar surface area (TPSA) is 104 Å². The number of hydrogen-bond donors (Lipinski definition) is 2. The maximum absolute atomic E-state index is 12.1. The lowest BCUT2D eigenvalue weighted by atomic mass is 9.96. The van der Waals surface area contributed by atoms with E-state index >= 15 is 0 Å². The van der Waals surface area contributed by atoms with E-state index in [4.69, 9.17) is 23.2 Å². The zero-order chi connectivity index (χ0) is 21.5. The highest BCUT2D eigenvalue weighted by Gasteiger charge is 2.24. The molecule has 3 rings (SSSR count). The van der Waals surface area contributed by atoms with Crippen molar-refractivity contribution in [3.63, 3.8) is 0 Å². The largest absolute Gasteiger partial charge is 0.368 e. The number of nitrogens with zero attached hydrogens (tertiary/aromatic N) is 4. The number of aliphatic hydroxyl groups excluding tert-OH is 1. The van der Waals surface area contributed by atoms with Crippen molar-refractivity contribution in [3.8, 4) is 11.3 Å². The van der Waals surface area contributed by atoms with E-state index in [1.165, 1.54) is 12.1 Å². The third-order valence-electron chi connectivity index (χ3n) is 4.69. The van der Waals surface area contributed by atoms with Gasteiger partial charge in [0, 0.05) is 36.1 Å². The summed E-state index contributed by atoms with van der Waals surface area (Å²) in [5.41, 5.74) is 1.41. The Hall–Kier alpha value is -2.42. The molecule has 2 N–H and O–H groups in total. The fourth-order valence-corrected chi connectivity index (χ4v) is 3.70. The predicted molar refractivity (Wildman–Crippen MR) is 113 cm³/mol. The van der Waals surface area contributed by atoms with Crippen LogP contribution in [0.5, 0.6) is 0 Å². The van der Waals surface area contributed by atoms with Crippen LogP contribution in [-0.4, -0.2) is 43.9 Å². The zero-order valence-corrected chi connectivity index (χ0v) is 17.9. The Morgan fingerprint density at radius 2 is 1.83 bits per heavy atom. The summed E-state index contributed by atoms with van der Waals surface area (Å²) in [5, 5.41) is 20.8. The number of H-pyrrole nitrogens is 1. The lowest BCUT2D eigenvalue weighted by molar-refractivity contribution is 0.0458. The molecule has 0 saturated heterocycles. The molecule has 2 heterocycles. The summed E-state index contributed by atoms with van der Waals surface area (Å²) in [5.74, 6) is 0.147. The number of benzene rings is 1. The molecule has 1 aliphatic heterocycles. The molecule has 0 aliphatic carbocycles. The number of nitrogens with one attached hydrogen (secondary N) is 1. The van der Waals surface area contributed by atoms with Gasteiger partial charge in [-0.25, -0.2) is 9.48 Å². The van der Waals surface area contributed by atoms with E-state index in [-0.39, 0.29) is 11.6 Å². The van der Waals surface area contributed by atoms with Gasteiger partial charge in [-0.05, 0) is 35.3 Å². The van der Waals surface area contributed by atoms with Crippen LogP contribution in [0.15, 0.2) is 38.5 Å². The minimum Gasteiger partial charge on any atom is -0.368 e. The van der Waals surface area contributed by atoms with Crippen LogP contribution in [0, 0.1) is 5.92 Å². The Balaban J connectivity index is 1.99. The number of hydrogen-bond acceptors (Lipinski definition) is 6. The first-order valence-electron chi connectivity index (χ1n) is 8.94. The van der Waals surface area contributed by atoms with Crippen LogP contribution in [-0.2, 0) is 13.5 Å². The number of aromatic nitrogens is 3. The van der Waals surface area contributed by atoms with Crippen LogP contribution in [0.2, 0.25) is 10.0 Å². The summed E-state index contributed by atoms with van der Waals surface area (Å²) < 4.78 is 1.03. The van der Waals surface area contributed by atoms with Crippen LogP contribution in [0.4, 0.5) is 0 Å². The lowest BCUT2D eigenvalue weighted by Crippen LogP contribution is -2.35. The van der Waals surface area contributed by atoms with Crippen molar-refractivity contribution in [1.82, 2.24) is 19.8 Å². The molecule has 154 valence electrons.